The number of halogens is 4. The molecule has 2 nitrogen and oxygen atoms in total. The van der Waals surface area contributed by atoms with Gasteiger partial charge in [0.1, 0.15) is 16.2 Å². The molecular weight excluding hydrogens is 430 g/mol. The van der Waals surface area contributed by atoms with Crippen LogP contribution in [0.1, 0.15) is 41.3 Å². The van der Waals surface area contributed by atoms with Crippen LogP contribution in [0.5, 0.6) is 0 Å². The molecule has 3 rings (SSSR count). The van der Waals surface area contributed by atoms with E-state index < -0.39 is 17.7 Å². The molecule has 1 aliphatic rings. The maximum Gasteiger partial charge on any atom is 0.126 e. The van der Waals surface area contributed by atoms with Gasteiger partial charge in [0.05, 0.1) is 11.7 Å². The Hall–Kier alpha value is -0.850. The minimum atomic E-state index is -0.592. The lowest BCUT2D eigenvalue weighted by atomic mass is 9.91. The lowest BCUT2D eigenvalue weighted by Gasteiger charge is -2.22. The molecule has 1 atom stereocenters. The molecule has 1 unspecified atom stereocenters. The van der Waals surface area contributed by atoms with Gasteiger partial charge in [-0.2, -0.15) is 0 Å². The summed E-state index contributed by atoms with van der Waals surface area (Å²) in [6.45, 7) is 0. The molecule has 0 bridgehead atoms. The van der Waals surface area contributed by atoms with Gasteiger partial charge in [0, 0.05) is 10.5 Å². The summed E-state index contributed by atoms with van der Waals surface area (Å²) in [5.41, 5.74) is 10.00. The number of benzene rings is 1. The molecule has 0 fully saturated rings. The molecule has 2 N–H and O–H groups in total. The van der Waals surface area contributed by atoms with Crippen molar-refractivity contribution in [1.82, 2.24) is 4.98 Å². The summed E-state index contributed by atoms with van der Waals surface area (Å²) in [4.78, 5) is 4.58. The van der Waals surface area contributed by atoms with Crippen molar-refractivity contribution < 1.29 is 8.78 Å². The number of nitrogens with two attached hydrogens (primary N) is 1. The van der Waals surface area contributed by atoms with E-state index in [1.807, 2.05) is 0 Å². The summed E-state index contributed by atoms with van der Waals surface area (Å²) < 4.78 is 28.4. The standard InChI is InChI=1S/C17H16Br2F2N2/c18-15-12-3-1-2-4-13(12)17(19)23-16(15)14(22)7-9-5-10(20)8-11(21)6-9/h5-6,8,14H,1-4,7,22H2. The Bertz CT molecular complexity index is 730. The van der Waals surface area contributed by atoms with Gasteiger partial charge in [0.25, 0.3) is 0 Å². The second-order valence-corrected chi connectivity index (χ2v) is 7.40. The summed E-state index contributed by atoms with van der Waals surface area (Å²) >= 11 is 7.17. The second kappa shape index (κ2) is 6.95. The Kier molecular flexibility index (Phi) is 5.13. The van der Waals surface area contributed by atoms with Crippen molar-refractivity contribution in [3.05, 3.63) is 61.3 Å². The number of hydrogen-bond donors (Lipinski definition) is 1. The quantitative estimate of drug-likeness (QED) is 0.674. The molecule has 1 aromatic carbocycles. The molecule has 0 saturated heterocycles. The summed E-state index contributed by atoms with van der Waals surface area (Å²) in [5.74, 6) is -1.18. The van der Waals surface area contributed by atoms with E-state index in [9.17, 15) is 8.78 Å². The summed E-state index contributed by atoms with van der Waals surface area (Å²) in [6.07, 6.45) is 4.63. The van der Waals surface area contributed by atoms with Crippen molar-refractivity contribution in [1.29, 1.82) is 0 Å². The molecule has 2 aromatic rings. The van der Waals surface area contributed by atoms with Crippen molar-refractivity contribution in [2.24, 2.45) is 5.73 Å². The van der Waals surface area contributed by atoms with Crippen LogP contribution in [0.25, 0.3) is 0 Å². The molecule has 0 radical (unpaired) electrons. The highest BCUT2D eigenvalue weighted by atomic mass is 79.9. The fourth-order valence-electron chi connectivity index (χ4n) is 3.08. The van der Waals surface area contributed by atoms with E-state index in [2.05, 4.69) is 36.8 Å². The number of fused-ring (bicyclic) bond motifs is 1. The molecule has 122 valence electrons. The van der Waals surface area contributed by atoms with Crippen LogP contribution in [0.3, 0.4) is 0 Å². The zero-order valence-electron chi connectivity index (χ0n) is 12.4. The fraction of sp³-hybridized carbons (Fsp3) is 0.353. The lowest BCUT2D eigenvalue weighted by molar-refractivity contribution is 0.575. The van der Waals surface area contributed by atoms with E-state index >= 15 is 0 Å². The molecule has 0 amide bonds. The van der Waals surface area contributed by atoms with Gasteiger partial charge in [0.15, 0.2) is 0 Å². The van der Waals surface area contributed by atoms with Crippen molar-refractivity contribution in [2.75, 3.05) is 0 Å². The first kappa shape index (κ1) is 17.0. The van der Waals surface area contributed by atoms with Crippen molar-refractivity contribution >= 4 is 31.9 Å². The minimum absolute atomic E-state index is 0.325. The maximum absolute atomic E-state index is 13.3. The Morgan fingerprint density at radius 2 is 1.65 bits per heavy atom. The molecule has 23 heavy (non-hydrogen) atoms. The molecule has 1 heterocycles. The van der Waals surface area contributed by atoms with Gasteiger partial charge < -0.3 is 5.73 Å². The van der Waals surface area contributed by atoms with Crippen LogP contribution in [0.2, 0.25) is 0 Å². The van der Waals surface area contributed by atoms with Gasteiger partial charge in [-0.05, 0) is 92.8 Å². The first-order valence-corrected chi connectivity index (χ1v) is 9.11. The largest absolute Gasteiger partial charge is 0.322 e. The van der Waals surface area contributed by atoms with Crippen molar-refractivity contribution in [3.63, 3.8) is 0 Å². The minimum Gasteiger partial charge on any atom is -0.322 e. The van der Waals surface area contributed by atoms with E-state index in [1.165, 1.54) is 23.3 Å². The predicted molar refractivity (Wildman–Crippen MR) is 93.3 cm³/mol. The number of aromatic nitrogens is 1. The third-order valence-corrected chi connectivity index (χ3v) is 5.70. The third-order valence-electron chi connectivity index (χ3n) is 4.15. The van der Waals surface area contributed by atoms with Gasteiger partial charge in [-0.1, -0.05) is 0 Å². The molecule has 1 aromatic heterocycles. The predicted octanol–water partition coefficient (Wildman–Crippen LogP) is 5.01. The molecule has 0 aliphatic heterocycles. The van der Waals surface area contributed by atoms with Crippen LogP contribution < -0.4 is 5.73 Å². The first-order chi connectivity index (χ1) is 11.0. The van der Waals surface area contributed by atoms with Crippen LogP contribution in [0.15, 0.2) is 27.3 Å². The van der Waals surface area contributed by atoms with Gasteiger partial charge in [-0.3, -0.25) is 0 Å². The highest BCUT2D eigenvalue weighted by molar-refractivity contribution is 9.11. The normalized spacial score (nSPS) is 15.3. The van der Waals surface area contributed by atoms with Crippen LogP contribution in [0.4, 0.5) is 8.78 Å². The van der Waals surface area contributed by atoms with Crippen LogP contribution in [-0.4, -0.2) is 4.98 Å². The molecule has 1 aliphatic carbocycles. The van der Waals surface area contributed by atoms with E-state index in [1.54, 1.807) is 0 Å². The first-order valence-electron chi connectivity index (χ1n) is 7.53. The average Bonchev–Trinajstić information content (AvgIpc) is 2.50. The SMILES string of the molecule is NC(Cc1cc(F)cc(F)c1)c1nc(Br)c2c(c1Br)CCCC2. The molecule has 0 spiro atoms. The average molecular weight is 446 g/mol. The second-order valence-electron chi connectivity index (χ2n) is 5.85. The summed E-state index contributed by atoms with van der Waals surface area (Å²) in [6, 6.07) is 3.04. The lowest BCUT2D eigenvalue weighted by Crippen LogP contribution is -2.19. The van der Waals surface area contributed by atoms with Gasteiger partial charge in [0.2, 0.25) is 0 Å². The van der Waals surface area contributed by atoms with E-state index in [4.69, 9.17) is 5.73 Å². The summed E-state index contributed by atoms with van der Waals surface area (Å²) in [7, 11) is 0. The van der Waals surface area contributed by atoms with Crippen molar-refractivity contribution in [3.8, 4) is 0 Å². The van der Waals surface area contributed by atoms with Crippen molar-refractivity contribution in [2.45, 2.75) is 38.1 Å². The van der Waals surface area contributed by atoms with Gasteiger partial charge in [-0.25, -0.2) is 13.8 Å². The Morgan fingerprint density at radius 1 is 1.04 bits per heavy atom. The molecular formula is C17H16Br2F2N2. The van der Waals surface area contributed by atoms with Gasteiger partial charge >= 0.3 is 0 Å². The maximum atomic E-state index is 13.3. The smallest absolute Gasteiger partial charge is 0.126 e. The number of hydrogen-bond acceptors (Lipinski definition) is 2. The topological polar surface area (TPSA) is 38.9 Å². The number of nitrogens with zero attached hydrogens (tertiary/aromatic N) is 1. The summed E-state index contributed by atoms with van der Waals surface area (Å²) in [5, 5.41) is 0. The molecule has 0 saturated carbocycles. The Labute approximate surface area is 150 Å². The van der Waals surface area contributed by atoms with Gasteiger partial charge in [-0.15, -0.1) is 0 Å². The highest BCUT2D eigenvalue weighted by Gasteiger charge is 2.23. The fourth-order valence-corrected chi connectivity index (χ4v) is 4.53. The highest BCUT2D eigenvalue weighted by Crippen LogP contribution is 2.36. The van der Waals surface area contributed by atoms with E-state index in [0.29, 0.717) is 12.0 Å². The number of pyridine rings is 1. The van der Waals surface area contributed by atoms with Crippen LogP contribution >= 0.6 is 31.9 Å². The number of rotatable bonds is 3. The van der Waals surface area contributed by atoms with Crippen LogP contribution in [0, 0.1) is 11.6 Å². The van der Waals surface area contributed by atoms with E-state index in [-0.39, 0.29) is 0 Å². The third kappa shape index (κ3) is 3.64. The Balaban J connectivity index is 1.93. The zero-order chi connectivity index (χ0) is 16.6. The monoisotopic (exact) mass is 444 g/mol. The van der Waals surface area contributed by atoms with Crippen LogP contribution in [-0.2, 0) is 19.3 Å². The zero-order valence-corrected chi connectivity index (χ0v) is 15.6. The van der Waals surface area contributed by atoms with E-state index in [0.717, 1.165) is 46.5 Å². The Morgan fingerprint density at radius 3 is 2.30 bits per heavy atom. The molecule has 6 heteroatoms.